The molecular formula is C16H21N3O. The van der Waals surface area contributed by atoms with Crippen molar-refractivity contribution >= 4 is 0 Å². The topological polar surface area (TPSA) is 64.9 Å². The van der Waals surface area contributed by atoms with Gasteiger partial charge in [-0.2, -0.15) is 4.98 Å². The van der Waals surface area contributed by atoms with Crippen LogP contribution in [-0.4, -0.2) is 10.1 Å². The van der Waals surface area contributed by atoms with E-state index in [2.05, 4.69) is 17.1 Å². The smallest absolute Gasteiger partial charge is 0.248 e. The Bertz CT molecular complexity index is 544. The summed E-state index contributed by atoms with van der Waals surface area (Å²) in [4.78, 5) is 4.53. The van der Waals surface area contributed by atoms with Crippen molar-refractivity contribution in [1.29, 1.82) is 0 Å². The van der Waals surface area contributed by atoms with Crippen LogP contribution in [0, 0.1) is 5.92 Å². The Morgan fingerprint density at radius 1 is 1.15 bits per heavy atom. The molecule has 1 heterocycles. The van der Waals surface area contributed by atoms with Crippen molar-refractivity contribution in [3.63, 3.8) is 0 Å². The van der Waals surface area contributed by atoms with Crippen LogP contribution in [0.4, 0.5) is 0 Å². The fourth-order valence-corrected chi connectivity index (χ4v) is 2.86. The third-order valence-electron chi connectivity index (χ3n) is 4.26. The van der Waals surface area contributed by atoms with E-state index in [9.17, 15) is 0 Å². The van der Waals surface area contributed by atoms with Gasteiger partial charge >= 0.3 is 0 Å². The third-order valence-corrected chi connectivity index (χ3v) is 4.26. The Labute approximate surface area is 119 Å². The minimum atomic E-state index is -0.333. The maximum atomic E-state index is 6.18. The van der Waals surface area contributed by atoms with Crippen molar-refractivity contribution in [2.24, 2.45) is 11.7 Å². The number of nitrogens with zero attached hydrogens (tertiary/aromatic N) is 2. The van der Waals surface area contributed by atoms with Gasteiger partial charge in [0.25, 0.3) is 0 Å². The van der Waals surface area contributed by atoms with Crippen molar-refractivity contribution in [3.8, 4) is 0 Å². The van der Waals surface area contributed by atoms with Gasteiger partial charge in [-0.25, -0.2) is 0 Å². The third kappa shape index (κ3) is 2.75. The Morgan fingerprint density at radius 3 is 2.55 bits per heavy atom. The first-order valence-electron chi connectivity index (χ1n) is 7.38. The molecule has 1 saturated carbocycles. The van der Waals surface area contributed by atoms with Gasteiger partial charge in [0.15, 0.2) is 5.82 Å². The molecule has 0 aliphatic heterocycles. The van der Waals surface area contributed by atoms with Crippen LogP contribution >= 0.6 is 0 Å². The first kappa shape index (κ1) is 13.3. The van der Waals surface area contributed by atoms with E-state index < -0.39 is 0 Å². The summed E-state index contributed by atoms with van der Waals surface area (Å²) >= 11 is 0. The van der Waals surface area contributed by atoms with Crippen molar-refractivity contribution < 1.29 is 4.52 Å². The fourth-order valence-electron chi connectivity index (χ4n) is 2.86. The molecule has 1 aromatic heterocycles. The van der Waals surface area contributed by atoms with Crippen LogP contribution in [0.15, 0.2) is 34.9 Å². The van der Waals surface area contributed by atoms with Crippen molar-refractivity contribution in [2.75, 3.05) is 0 Å². The average molecular weight is 271 g/mol. The average Bonchev–Trinajstić information content (AvgIpc) is 2.98. The lowest BCUT2D eigenvalue weighted by Crippen LogP contribution is -2.14. The minimum absolute atomic E-state index is 0.333. The number of rotatable bonds is 3. The summed E-state index contributed by atoms with van der Waals surface area (Å²) < 4.78 is 5.37. The molecule has 1 aliphatic carbocycles. The van der Waals surface area contributed by atoms with Crippen LogP contribution in [0.3, 0.4) is 0 Å². The maximum Gasteiger partial charge on any atom is 0.248 e. The maximum absolute atomic E-state index is 6.18. The molecule has 0 bridgehead atoms. The van der Waals surface area contributed by atoms with Crippen molar-refractivity contribution in [3.05, 3.63) is 47.6 Å². The van der Waals surface area contributed by atoms with Gasteiger partial charge in [-0.3, -0.25) is 0 Å². The van der Waals surface area contributed by atoms with Crippen LogP contribution in [0.5, 0.6) is 0 Å². The zero-order valence-corrected chi connectivity index (χ0v) is 11.8. The van der Waals surface area contributed by atoms with Gasteiger partial charge in [0, 0.05) is 5.92 Å². The number of aromatic nitrogens is 2. The van der Waals surface area contributed by atoms with Crippen LogP contribution in [0.2, 0.25) is 0 Å². The molecule has 0 amide bonds. The van der Waals surface area contributed by atoms with Gasteiger partial charge in [-0.05, 0) is 24.3 Å². The summed E-state index contributed by atoms with van der Waals surface area (Å²) in [6.07, 6.45) is 4.81. The zero-order valence-electron chi connectivity index (χ0n) is 11.8. The number of hydrogen-bond acceptors (Lipinski definition) is 4. The quantitative estimate of drug-likeness (QED) is 0.929. The normalized spacial score (nSPS) is 24.5. The Kier molecular flexibility index (Phi) is 3.83. The van der Waals surface area contributed by atoms with E-state index in [1.807, 2.05) is 30.3 Å². The Balaban J connectivity index is 1.73. The number of benzene rings is 1. The Morgan fingerprint density at radius 2 is 1.85 bits per heavy atom. The highest BCUT2D eigenvalue weighted by molar-refractivity contribution is 5.23. The first-order chi connectivity index (χ1) is 9.74. The summed E-state index contributed by atoms with van der Waals surface area (Å²) in [5, 5.41) is 4.15. The van der Waals surface area contributed by atoms with Crippen LogP contribution < -0.4 is 5.73 Å². The standard InChI is InChI=1S/C16H21N3O/c1-11-7-9-13(10-8-11)15-18-16(20-19-15)14(17)12-5-3-2-4-6-12/h2-6,11,13-14H,7-10,17H2,1H3/t11?,13?,14-/m1/s1. The van der Waals surface area contributed by atoms with Crippen LogP contribution in [0.25, 0.3) is 0 Å². The molecule has 1 atom stereocenters. The number of nitrogens with two attached hydrogens (primary N) is 1. The highest BCUT2D eigenvalue weighted by Crippen LogP contribution is 2.34. The molecule has 1 fully saturated rings. The highest BCUT2D eigenvalue weighted by atomic mass is 16.5. The molecular weight excluding hydrogens is 250 g/mol. The molecule has 4 nitrogen and oxygen atoms in total. The van der Waals surface area contributed by atoms with E-state index >= 15 is 0 Å². The predicted molar refractivity (Wildman–Crippen MR) is 77.1 cm³/mol. The van der Waals surface area contributed by atoms with E-state index in [-0.39, 0.29) is 6.04 Å². The van der Waals surface area contributed by atoms with E-state index in [1.54, 1.807) is 0 Å². The van der Waals surface area contributed by atoms with Crippen molar-refractivity contribution in [1.82, 2.24) is 10.1 Å². The summed E-state index contributed by atoms with van der Waals surface area (Å²) in [7, 11) is 0. The molecule has 1 aliphatic rings. The van der Waals surface area contributed by atoms with Gasteiger partial charge < -0.3 is 10.3 Å². The molecule has 4 heteroatoms. The van der Waals surface area contributed by atoms with Gasteiger partial charge in [0.1, 0.15) is 6.04 Å². The summed E-state index contributed by atoms with van der Waals surface area (Å²) in [6.45, 7) is 2.31. The van der Waals surface area contributed by atoms with Gasteiger partial charge in [0.05, 0.1) is 0 Å². The highest BCUT2D eigenvalue weighted by Gasteiger charge is 2.25. The number of hydrogen-bond donors (Lipinski definition) is 1. The monoisotopic (exact) mass is 271 g/mol. The lowest BCUT2D eigenvalue weighted by atomic mass is 9.83. The first-order valence-corrected chi connectivity index (χ1v) is 7.38. The van der Waals surface area contributed by atoms with Crippen LogP contribution in [-0.2, 0) is 0 Å². The second-order valence-corrected chi connectivity index (χ2v) is 5.84. The van der Waals surface area contributed by atoms with Crippen molar-refractivity contribution in [2.45, 2.75) is 44.6 Å². The van der Waals surface area contributed by atoms with Gasteiger partial charge in [-0.1, -0.05) is 55.3 Å². The largest absolute Gasteiger partial charge is 0.337 e. The molecule has 0 saturated heterocycles. The molecule has 106 valence electrons. The van der Waals surface area contributed by atoms with E-state index in [1.165, 1.54) is 12.8 Å². The minimum Gasteiger partial charge on any atom is -0.337 e. The molecule has 2 aromatic rings. The molecule has 3 rings (SSSR count). The van der Waals surface area contributed by atoms with E-state index in [0.717, 1.165) is 30.1 Å². The molecule has 0 spiro atoms. The molecule has 0 radical (unpaired) electrons. The molecule has 20 heavy (non-hydrogen) atoms. The zero-order chi connectivity index (χ0) is 13.9. The lowest BCUT2D eigenvalue weighted by molar-refractivity contribution is 0.322. The second kappa shape index (κ2) is 5.75. The SMILES string of the molecule is CC1CCC(c2noc([C@H](N)c3ccccc3)n2)CC1. The second-order valence-electron chi connectivity index (χ2n) is 5.84. The van der Waals surface area contributed by atoms with Gasteiger partial charge in [-0.15, -0.1) is 0 Å². The summed E-state index contributed by atoms with van der Waals surface area (Å²) in [5.41, 5.74) is 7.18. The lowest BCUT2D eigenvalue weighted by Gasteiger charge is -2.23. The van der Waals surface area contributed by atoms with Crippen LogP contribution in [0.1, 0.15) is 61.8 Å². The summed E-state index contributed by atoms with van der Waals surface area (Å²) in [6, 6.07) is 9.54. The molecule has 0 unspecified atom stereocenters. The fraction of sp³-hybridized carbons (Fsp3) is 0.500. The summed E-state index contributed by atoms with van der Waals surface area (Å²) in [5.74, 6) is 2.61. The molecule has 2 N–H and O–H groups in total. The predicted octanol–water partition coefficient (Wildman–Crippen LogP) is 3.41. The molecule has 1 aromatic carbocycles. The van der Waals surface area contributed by atoms with E-state index in [4.69, 9.17) is 10.3 Å². The van der Waals surface area contributed by atoms with E-state index in [0.29, 0.717) is 11.8 Å². The van der Waals surface area contributed by atoms with Gasteiger partial charge in [0.2, 0.25) is 5.89 Å². The Hall–Kier alpha value is -1.68.